The number of aryl methyl sites for hydroxylation is 1. The van der Waals surface area contributed by atoms with E-state index in [0.717, 1.165) is 16.9 Å². The molecule has 1 N–H and O–H groups in total. The van der Waals surface area contributed by atoms with Gasteiger partial charge in [-0.2, -0.15) is 0 Å². The van der Waals surface area contributed by atoms with Gasteiger partial charge >= 0.3 is 0 Å². The van der Waals surface area contributed by atoms with E-state index in [9.17, 15) is 0 Å². The van der Waals surface area contributed by atoms with Crippen LogP contribution in [0.4, 0.5) is 5.95 Å². The molecule has 0 aliphatic heterocycles. The van der Waals surface area contributed by atoms with Gasteiger partial charge in [-0.3, -0.25) is 0 Å². The van der Waals surface area contributed by atoms with Crippen molar-refractivity contribution in [2.24, 2.45) is 0 Å². The Balaban J connectivity index is 1.69. The highest BCUT2D eigenvalue weighted by Crippen LogP contribution is 2.18. The first-order valence-electron chi connectivity index (χ1n) is 6.46. The summed E-state index contributed by atoms with van der Waals surface area (Å²) in [5.74, 6) is 1.45. The molecule has 0 bridgehead atoms. The molecule has 20 heavy (non-hydrogen) atoms. The minimum atomic E-state index is 0.580. The predicted octanol–water partition coefficient (Wildman–Crippen LogP) is 3.66. The van der Waals surface area contributed by atoms with Crippen LogP contribution >= 0.6 is 0 Å². The van der Waals surface area contributed by atoms with Gasteiger partial charge in [0.25, 0.3) is 0 Å². The monoisotopic (exact) mass is 265 g/mol. The number of hydrogen-bond acceptors (Lipinski definition) is 4. The van der Waals surface area contributed by atoms with Gasteiger partial charge in [-0.05, 0) is 24.6 Å². The highest BCUT2D eigenvalue weighted by molar-refractivity contribution is 5.62. The molecule has 0 unspecified atom stereocenters. The smallest absolute Gasteiger partial charge is 0.222 e. The maximum Gasteiger partial charge on any atom is 0.222 e. The van der Waals surface area contributed by atoms with Gasteiger partial charge in [0, 0.05) is 18.0 Å². The van der Waals surface area contributed by atoms with Crippen LogP contribution in [-0.4, -0.2) is 9.97 Å². The van der Waals surface area contributed by atoms with Crippen molar-refractivity contribution < 1.29 is 4.42 Å². The second-order valence-corrected chi connectivity index (χ2v) is 4.59. The minimum Gasteiger partial charge on any atom is -0.467 e. The number of hydrogen-bond donors (Lipinski definition) is 1. The number of nitrogens with one attached hydrogen (secondary N) is 1. The average molecular weight is 265 g/mol. The molecular formula is C16H15N3O. The fraction of sp³-hybridized carbons (Fsp3) is 0.125. The summed E-state index contributed by atoms with van der Waals surface area (Å²) in [6.45, 7) is 2.65. The Morgan fingerprint density at radius 3 is 2.40 bits per heavy atom. The molecule has 0 saturated heterocycles. The zero-order valence-electron chi connectivity index (χ0n) is 11.2. The molecule has 0 fully saturated rings. The van der Waals surface area contributed by atoms with Crippen molar-refractivity contribution in [1.29, 1.82) is 0 Å². The van der Waals surface area contributed by atoms with Gasteiger partial charge in [-0.15, -0.1) is 0 Å². The third-order valence-electron chi connectivity index (χ3n) is 3.04. The van der Waals surface area contributed by atoms with Gasteiger partial charge < -0.3 is 9.73 Å². The molecule has 100 valence electrons. The lowest BCUT2D eigenvalue weighted by Crippen LogP contribution is -2.02. The van der Waals surface area contributed by atoms with Gasteiger partial charge in [0.05, 0.1) is 12.8 Å². The van der Waals surface area contributed by atoms with E-state index in [0.29, 0.717) is 12.5 Å². The fourth-order valence-electron chi connectivity index (χ4n) is 1.89. The van der Waals surface area contributed by atoms with Crippen LogP contribution in [0.5, 0.6) is 0 Å². The van der Waals surface area contributed by atoms with Gasteiger partial charge in [-0.25, -0.2) is 9.97 Å². The number of benzene rings is 1. The van der Waals surface area contributed by atoms with E-state index in [1.165, 1.54) is 5.56 Å². The van der Waals surface area contributed by atoms with E-state index in [-0.39, 0.29) is 0 Å². The van der Waals surface area contributed by atoms with E-state index in [4.69, 9.17) is 4.42 Å². The van der Waals surface area contributed by atoms with Crippen molar-refractivity contribution in [2.45, 2.75) is 13.5 Å². The van der Waals surface area contributed by atoms with Crippen molar-refractivity contribution in [3.63, 3.8) is 0 Å². The Labute approximate surface area is 117 Å². The summed E-state index contributed by atoms with van der Waals surface area (Å²) in [5, 5.41) is 3.12. The van der Waals surface area contributed by atoms with Gasteiger partial charge in [-0.1, -0.05) is 29.8 Å². The average Bonchev–Trinajstić information content (AvgIpc) is 3.00. The quantitative estimate of drug-likeness (QED) is 0.782. The highest BCUT2D eigenvalue weighted by Gasteiger charge is 2.01. The second-order valence-electron chi connectivity index (χ2n) is 4.59. The SMILES string of the molecule is Cc1ccc(-c2cnc(NCc3ccco3)nc2)cc1. The number of nitrogens with zero attached hydrogens (tertiary/aromatic N) is 2. The zero-order chi connectivity index (χ0) is 13.8. The predicted molar refractivity (Wildman–Crippen MR) is 78.2 cm³/mol. The van der Waals surface area contributed by atoms with Crippen LogP contribution < -0.4 is 5.32 Å². The van der Waals surface area contributed by atoms with Crippen molar-refractivity contribution >= 4 is 5.95 Å². The molecule has 0 amide bonds. The Morgan fingerprint density at radius 2 is 1.75 bits per heavy atom. The van der Waals surface area contributed by atoms with Crippen LogP contribution in [0.2, 0.25) is 0 Å². The standard InChI is InChI=1S/C16H15N3O/c1-12-4-6-13(7-5-12)14-9-17-16(18-10-14)19-11-15-3-2-8-20-15/h2-10H,11H2,1H3,(H,17,18,19). The van der Waals surface area contributed by atoms with Gasteiger partial charge in [0.15, 0.2) is 0 Å². The van der Waals surface area contributed by atoms with Crippen LogP contribution in [0.1, 0.15) is 11.3 Å². The summed E-state index contributed by atoms with van der Waals surface area (Å²) in [5.41, 5.74) is 3.37. The molecule has 0 aliphatic rings. The molecule has 3 rings (SSSR count). The Kier molecular flexibility index (Phi) is 3.46. The van der Waals surface area contributed by atoms with Crippen molar-refractivity contribution in [3.05, 3.63) is 66.4 Å². The van der Waals surface area contributed by atoms with E-state index >= 15 is 0 Å². The Morgan fingerprint density at radius 1 is 1.00 bits per heavy atom. The second kappa shape index (κ2) is 5.57. The maximum atomic E-state index is 5.24. The molecule has 0 spiro atoms. The third kappa shape index (κ3) is 2.85. The summed E-state index contributed by atoms with van der Waals surface area (Å²) in [6.07, 6.45) is 5.29. The molecule has 4 heteroatoms. The molecule has 0 atom stereocenters. The van der Waals surface area contributed by atoms with E-state index < -0.39 is 0 Å². The summed E-state index contributed by atoms with van der Waals surface area (Å²) in [7, 11) is 0. The number of rotatable bonds is 4. The first-order chi connectivity index (χ1) is 9.81. The number of anilines is 1. The molecule has 1 aromatic carbocycles. The summed E-state index contributed by atoms with van der Waals surface area (Å²) < 4.78 is 5.24. The normalized spacial score (nSPS) is 10.4. The van der Waals surface area contributed by atoms with Crippen LogP contribution in [0, 0.1) is 6.92 Å². The molecular weight excluding hydrogens is 250 g/mol. The largest absolute Gasteiger partial charge is 0.467 e. The van der Waals surface area contributed by atoms with Crippen molar-refractivity contribution in [2.75, 3.05) is 5.32 Å². The van der Waals surface area contributed by atoms with Crippen LogP contribution in [0.15, 0.2) is 59.5 Å². The first-order valence-corrected chi connectivity index (χ1v) is 6.46. The molecule has 4 nitrogen and oxygen atoms in total. The van der Waals surface area contributed by atoms with Gasteiger partial charge in [0.2, 0.25) is 5.95 Å². The topological polar surface area (TPSA) is 51.0 Å². The lowest BCUT2D eigenvalue weighted by atomic mass is 10.1. The van der Waals surface area contributed by atoms with Crippen molar-refractivity contribution in [3.8, 4) is 11.1 Å². The van der Waals surface area contributed by atoms with Crippen LogP contribution in [0.25, 0.3) is 11.1 Å². The van der Waals surface area contributed by atoms with Gasteiger partial charge in [0.1, 0.15) is 5.76 Å². The molecule has 2 heterocycles. The molecule has 0 aliphatic carbocycles. The molecule has 0 radical (unpaired) electrons. The maximum absolute atomic E-state index is 5.24. The molecule has 0 saturated carbocycles. The number of aromatic nitrogens is 2. The number of furan rings is 1. The minimum absolute atomic E-state index is 0.580. The van der Waals surface area contributed by atoms with Crippen LogP contribution in [0.3, 0.4) is 0 Å². The molecule has 3 aromatic rings. The lowest BCUT2D eigenvalue weighted by molar-refractivity contribution is 0.517. The Bertz CT molecular complexity index is 658. The fourth-order valence-corrected chi connectivity index (χ4v) is 1.89. The summed E-state index contributed by atoms with van der Waals surface area (Å²) in [6, 6.07) is 12.1. The first kappa shape index (κ1) is 12.4. The van der Waals surface area contributed by atoms with E-state index in [1.807, 2.05) is 24.5 Å². The van der Waals surface area contributed by atoms with E-state index in [2.05, 4.69) is 46.5 Å². The van der Waals surface area contributed by atoms with Crippen molar-refractivity contribution in [1.82, 2.24) is 9.97 Å². The summed E-state index contributed by atoms with van der Waals surface area (Å²) in [4.78, 5) is 8.63. The van der Waals surface area contributed by atoms with Crippen LogP contribution in [-0.2, 0) is 6.54 Å². The highest BCUT2D eigenvalue weighted by atomic mass is 16.3. The van der Waals surface area contributed by atoms with E-state index in [1.54, 1.807) is 6.26 Å². The third-order valence-corrected chi connectivity index (χ3v) is 3.04. The lowest BCUT2D eigenvalue weighted by Gasteiger charge is -2.04. The Hall–Kier alpha value is -2.62. The zero-order valence-corrected chi connectivity index (χ0v) is 11.2. The summed E-state index contributed by atoms with van der Waals surface area (Å²) >= 11 is 0. The molecule has 2 aromatic heterocycles.